The van der Waals surface area contributed by atoms with Gasteiger partial charge in [0, 0.05) is 12.5 Å². The van der Waals surface area contributed by atoms with Crippen LogP contribution in [0.2, 0.25) is 0 Å². The minimum atomic E-state index is 0.232. The SMILES string of the molecule is OCCC1C=Cc2c1c1ccccc1c1ccccc21. The van der Waals surface area contributed by atoms with E-state index in [1.54, 1.807) is 0 Å². The zero-order chi connectivity index (χ0) is 13.5. The molecule has 0 bridgehead atoms. The van der Waals surface area contributed by atoms with Gasteiger partial charge in [0.2, 0.25) is 0 Å². The van der Waals surface area contributed by atoms with E-state index in [0.717, 1.165) is 6.42 Å². The maximum atomic E-state index is 9.30. The van der Waals surface area contributed by atoms with E-state index < -0.39 is 0 Å². The summed E-state index contributed by atoms with van der Waals surface area (Å²) in [4.78, 5) is 0. The average Bonchev–Trinajstić information content (AvgIpc) is 2.92. The summed E-state index contributed by atoms with van der Waals surface area (Å²) < 4.78 is 0. The number of fused-ring (bicyclic) bond motifs is 6. The van der Waals surface area contributed by atoms with E-state index in [4.69, 9.17) is 0 Å². The van der Waals surface area contributed by atoms with E-state index in [-0.39, 0.29) is 6.61 Å². The van der Waals surface area contributed by atoms with Gasteiger partial charge < -0.3 is 5.11 Å². The highest BCUT2D eigenvalue weighted by Gasteiger charge is 2.22. The zero-order valence-corrected chi connectivity index (χ0v) is 11.2. The van der Waals surface area contributed by atoms with Gasteiger partial charge in [0.05, 0.1) is 0 Å². The van der Waals surface area contributed by atoms with Gasteiger partial charge in [-0.2, -0.15) is 0 Å². The summed E-state index contributed by atoms with van der Waals surface area (Å²) in [5, 5.41) is 14.6. The van der Waals surface area contributed by atoms with Crippen molar-refractivity contribution in [2.75, 3.05) is 6.61 Å². The summed E-state index contributed by atoms with van der Waals surface area (Å²) in [7, 11) is 0. The maximum absolute atomic E-state index is 9.30. The van der Waals surface area contributed by atoms with Gasteiger partial charge in [-0.25, -0.2) is 0 Å². The number of hydrogen-bond acceptors (Lipinski definition) is 1. The van der Waals surface area contributed by atoms with Crippen LogP contribution in [-0.4, -0.2) is 11.7 Å². The number of aliphatic hydroxyl groups excluding tert-OH is 1. The van der Waals surface area contributed by atoms with E-state index >= 15 is 0 Å². The Bertz CT molecular complexity index is 830. The van der Waals surface area contributed by atoms with Gasteiger partial charge in [0.25, 0.3) is 0 Å². The van der Waals surface area contributed by atoms with Crippen molar-refractivity contribution >= 4 is 27.6 Å². The van der Waals surface area contributed by atoms with Crippen molar-refractivity contribution in [2.24, 2.45) is 0 Å². The quantitative estimate of drug-likeness (QED) is 0.673. The molecule has 1 aliphatic rings. The van der Waals surface area contributed by atoms with Crippen LogP contribution < -0.4 is 0 Å². The predicted molar refractivity (Wildman–Crippen MR) is 84.9 cm³/mol. The van der Waals surface area contributed by atoms with Gasteiger partial charge >= 0.3 is 0 Å². The highest BCUT2D eigenvalue weighted by molar-refractivity contribution is 6.13. The standard InChI is InChI=1S/C19H16O/c20-12-11-13-9-10-18-16-7-2-1-5-14(16)15-6-3-4-8-17(15)19(13)18/h1-10,13,20H,11-12H2. The molecular weight excluding hydrogens is 244 g/mol. The second-order valence-corrected chi connectivity index (χ2v) is 5.40. The third-order valence-corrected chi connectivity index (χ3v) is 4.32. The molecule has 3 aromatic carbocycles. The molecule has 1 atom stereocenters. The zero-order valence-electron chi connectivity index (χ0n) is 11.2. The Kier molecular flexibility index (Phi) is 2.61. The monoisotopic (exact) mass is 260 g/mol. The van der Waals surface area contributed by atoms with E-state index in [1.807, 2.05) is 0 Å². The van der Waals surface area contributed by atoms with Crippen molar-refractivity contribution in [1.82, 2.24) is 0 Å². The van der Waals surface area contributed by atoms with Crippen LogP contribution in [0.4, 0.5) is 0 Å². The molecule has 3 aromatic rings. The van der Waals surface area contributed by atoms with Crippen molar-refractivity contribution in [3.05, 3.63) is 65.7 Å². The topological polar surface area (TPSA) is 20.2 Å². The van der Waals surface area contributed by atoms with Crippen LogP contribution in [0.1, 0.15) is 23.5 Å². The molecular formula is C19H16O. The van der Waals surface area contributed by atoms with E-state index in [9.17, 15) is 5.11 Å². The molecule has 0 spiro atoms. The van der Waals surface area contributed by atoms with Gasteiger partial charge in [-0.15, -0.1) is 0 Å². The third kappa shape index (κ3) is 1.53. The van der Waals surface area contributed by atoms with Gasteiger partial charge in [-0.1, -0.05) is 60.7 Å². The van der Waals surface area contributed by atoms with Crippen molar-refractivity contribution in [2.45, 2.75) is 12.3 Å². The fourth-order valence-corrected chi connectivity index (χ4v) is 3.46. The van der Waals surface area contributed by atoms with Gasteiger partial charge in [0.1, 0.15) is 0 Å². The van der Waals surface area contributed by atoms with Crippen LogP contribution >= 0.6 is 0 Å². The van der Waals surface area contributed by atoms with Crippen molar-refractivity contribution in [1.29, 1.82) is 0 Å². The van der Waals surface area contributed by atoms with Gasteiger partial charge in [-0.3, -0.25) is 0 Å². The molecule has 1 N–H and O–H groups in total. The Morgan fingerprint density at radius 3 is 2.10 bits per heavy atom. The van der Waals surface area contributed by atoms with E-state index in [2.05, 4.69) is 60.7 Å². The second kappa shape index (κ2) is 4.46. The minimum Gasteiger partial charge on any atom is -0.396 e. The maximum Gasteiger partial charge on any atom is 0.0439 e. The average molecular weight is 260 g/mol. The molecule has 1 aliphatic carbocycles. The van der Waals surface area contributed by atoms with Crippen molar-refractivity contribution < 1.29 is 5.11 Å². The van der Waals surface area contributed by atoms with E-state index in [0.29, 0.717) is 5.92 Å². The Morgan fingerprint density at radius 1 is 0.800 bits per heavy atom. The molecule has 0 saturated heterocycles. The van der Waals surface area contributed by atoms with Crippen LogP contribution in [0.3, 0.4) is 0 Å². The normalized spacial score (nSPS) is 16.9. The first-order chi connectivity index (χ1) is 9.90. The summed E-state index contributed by atoms with van der Waals surface area (Å²) in [6.45, 7) is 0.232. The van der Waals surface area contributed by atoms with Crippen LogP contribution in [0.5, 0.6) is 0 Å². The Labute approximate surface area is 118 Å². The molecule has 0 radical (unpaired) electrons. The third-order valence-electron chi connectivity index (χ3n) is 4.32. The van der Waals surface area contributed by atoms with Crippen LogP contribution in [0.15, 0.2) is 54.6 Å². The molecule has 0 saturated carbocycles. The van der Waals surface area contributed by atoms with Crippen LogP contribution in [0.25, 0.3) is 27.6 Å². The lowest BCUT2D eigenvalue weighted by atomic mass is 9.88. The number of benzene rings is 3. The van der Waals surface area contributed by atoms with E-state index in [1.165, 1.54) is 32.7 Å². The fourth-order valence-electron chi connectivity index (χ4n) is 3.46. The lowest BCUT2D eigenvalue weighted by Crippen LogP contribution is -1.98. The molecule has 98 valence electrons. The molecule has 1 unspecified atom stereocenters. The predicted octanol–water partition coefficient (Wildman–Crippen LogP) is 4.49. The highest BCUT2D eigenvalue weighted by atomic mass is 16.3. The van der Waals surface area contributed by atoms with Gasteiger partial charge in [-0.05, 0) is 39.1 Å². The van der Waals surface area contributed by atoms with Crippen LogP contribution in [0, 0.1) is 0 Å². The first-order valence-corrected chi connectivity index (χ1v) is 7.12. The molecule has 0 heterocycles. The minimum absolute atomic E-state index is 0.232. The molecule has 20 heavy (non-hydrogen) atoms. The number of rotatable bonds is 2. The summed E-state index contributed by atoms with van der Waals surface area (Å²) in [6.07, 6.45) is 5.26. The van der Waals surface area contributed by atoms with Crippen molar-refractivity contribution in [3.63, 3.8) is 0 Å². The smallest absolute Gasteiger partial charge is 0.0439 e. The largest absolute Gasteiger partial charge is 0.396 e. The number of allylic oxidation sites excluding steroid dienone is 1. The van der Waals surface area contributed by atoms with Crippen LogP contribution in [-0.2, 0) is 0 Å². The van der Waals surface area contributed by atoms with Gasteiger partial charge in [0.15, 0.2) is 0 Å². The summed E-state index contributed by atoms with van der Waals surface area (Å²) >= 11 is 0. The molecule has 0 aliphatic heterocycles. The lowest BCUT2D eigenvalue weighted by Gasteiger charge is -2.16. The molecule has 0 aromatic heterocycles. The first kappa shape index (κ1) is 11.7. The second-order valence-electron chi connectivity index (χ2n) is 5.40. The summed E-state index contributed by atoms with van der Waals surface area (Å²) in [5.74, 6) is 0.338. The molecule has 1 nitrogen and oxygen atoms in total. The Balaban J connectivity index is 2.17. The Hall–Kier alpha value is -2.12. The number of hydrogen-bond donors (Lipinski definition) is 1. The Morgan fingerprint density at radius 2 is 1.40 bits per heavy atom. The lowest BCUT2D eigenvalue weighted by molar-refractivity contribution is 0.283. The summed E-state index contributed by atoms with van der Waals surface area (Å²) in [5.41, 5.74) is 2.71. The van der Waals surface area contributed by atoms with Crippen molar-refractivity contribution in [3.8, 4) is 0 Å². The first-order valence-electron chi connectivity index (χ1n) is 7.12. The number of aliphatic hydroxyl groups is 1. The fraction of sp³-hybridized carbons (Fsp3) is 0.158. The molecule has 0 amide bonds. The molecule has 1 heteroatoms. The highest BCUT2D eigenvalue weighted by Crippen LogP contribution is 2.42. The molecule has 4 rings (SSSR count). The summed E-state index contributed by atoms with van der Waals surface area (Å²) in [6, 6.07) is 17.2. The molecule has 0 fully saturated rings.